The number of amides is 1. The van der Waals surface area contributed by atoms with Crippen LogP contribution < -0.4 is 5.32 Å². The number of rotatable bonds is 7. The summed E-state index contributed by atoms with van der Waals surface area (Å²) in [5.41, 5.74) is 1.70. The summed E-state index contributed by atoms with van der Waals surface area (Å²) < 4.78 is 6.78. The lowest BCUT2D eigenvalue weighted by molar-refractivity contribution is -0.384. The van der Waals surface area contributed by atoms with E-state index >= 15 is 0 Å². The molecule has 9 heteroatoms. The van der Waals surface area contributed by atoms with Gasteiger partial charge in [0.15, 0.2) is 5.11 Å². The maximum absolute atomic E-state index is 12.6. The van der Waals surface area contributed by atoms with Gasteiger partial charge in [-0.05, 0) is 42.9 Å². The highest BCUT2D eigenvalue weighted by atomic mass is 32.1. The van der Waals surface area contributed by atoms with E-state index in [9.17, 15) is 14.9 Å². The first-order valence-electron chi connectivity index (χ1n) is 8.27. The van der Waals surface area contributed by atoms with Crippen molar-refractivity contribution in [2.75, 3.05) is 20.3 Å². The van der Waals surface area contributed by atoms with Gasteiger partial charge in [0.05, 0.1) is 10.6 Å². The highest BCUT2D eigenvalue weighted by Gasteiger charge is 2.30. The van der Waals surface area contributed by atoms with Crippen LogP contribution in [0.4, 0.5) is 5.69 Å². The summed E-state index contributed by atoms with van der Waals surface area (Å²) in [6.45, 7) is 1.02. The van der Waals surface area contributed by atoms with E-state index in [4.69, 9.17) is 17.0 Å². The van der Waals surface area contributed by atoms with Gasteiger partial charge in [0, 0.05) is 44.3 Å². The molecule has 0 bridgehead atoms. The molecule has 1 fully saturated rings. The van der Waals surface area contributed by atoms with Gasteiger partial charge in [-0.15, -0.1) is 0 Å². The van der Waals surface area contributed by atoms with E-state index in [0.29, 0.717) is 41.8 Å². The summed E-state index contributed by atoms with van der Waals surface area (Å²) in [5.74, 6) is -0.206. The van der Waals surface area contributed by atoms with Crippen molar-refractivity contribution in [1.82, 2.24) is 14.8 Å². The number of hydrogen-bond acceptors (Lipinski definition) is 5. The zero-order chi connectivity index (χ0) is 19.4. The molecular formula is C18H18N4O4S. The van der Waals surface area contributed by atoms with Crippen LogP contribution in [0.1, 0.15) is 12.1 Å². The molecule has 0 saturated carbocycles. The van der Waals surface area contributed by atoms with E-state index in [2.05, 4.69) is 5.32 Å². The molecule has 0 radical (unpaired) electrons. The number of hydrogen-bond donors (Lipinski definition) is 1. The average Bonchev–Trinajstić information content (AvgIpc) is 3.22. The van der Waals surface area contributed by atoms with Crippen LogP contribution in [0.3, 0.4) is 0 Å². The first-order chi connectivity index (χ1) is 13.0. The predicted molar refractivity (Wildman–Crippen MR) is 104 cm³/mol. The maximum atomic E-state index is 12.6. The Kier molecular flexibility index (Phi) is 5.63. The zero-order valence-electron chi connectivity index (χ0n) is 14.6. The number of thiocarbonyl (C=S) groups is 1. The van der Waals surface area contributed by atoms with Crippen LogP contribution in [0.25, 0.3) is 11.8 Å². The Hall–Kier alpha value is -3.04. The molecule has 3 rings (SSSR count). The lowest BCUT2D eigenvalue weighted by Gasteiger charge is -2.13. The Balaban J connectivity index is 1.86. The molecule has 0 unspecified atom stereocenters. The molecule has 2 heterocycles. The van der Waals surface area contributed by atoms with E-state index in [0.717, 1.165) is 0 Å². The van der Waals surface area contributed by atoms with Crippen molar-refractivity contribution in [3.8, 4) is 5.69 Å². The fourth-order valence-corrected chi connectivity index (χ4v) is 3.08. The number of nitrogens with zero attached hydrogens (tertiary/aromatic N) is 3. The minimum Gasteiger partial charge on any atom is -0.385 e. The Morgan fingerprint density at radius 3 is 2.89 bits per heavy atom. The summed E-state index contributed by atoms with van der Waals surface area (Å²) in [6, 6.07) is 9.92. The highest BCUT2D eigenvalue weighted by molar-refractivity contribution is 7.80. The number of carbonyl (C=O) groups excluding carboxylic acids is 1. The standard InChI is InChI=1S/C18H18N4O4S/c1-26-10-4-9-21-17(23)16(19-18(21)27)12-14-7-3-8-20(14)13-5-2-6-15(11-13)22(24)25/h2-3,5-8,11-12H,4,9-10H2,1H3,(H,19,27)/b16-12+. The topological polar surface area (TPSA) is 89.6 Å². The summed E-state index contributed by atoms with van der Waals surface area (Å²) >= 11 is 5.24. The lowest BCUT2D eigenvalue weighted by atomic mass is 10.2. The normalized spacial score (nSPS) is 15.4. The van der Waals surface area contributed by atoms with Crippen LogP contribution in [0.5, 0.6) is 0 Å². The van der Waals surface area contributed by atoms with Crippen LogP contribution >= 0.6 is 12.2 Å². The van der Waals surface area contributed by atoms with Gasteiger partial charge in [-0.2, -0.15) is 0 Å². The monoisotopic (exact) mass is 386 g/mol. The summed E-state index contributed by atoms with van der Waals surface area (Å²) in [6.07, 6.45) is 4.14. The molecule has 1 aromatic carbocycles. The van der Waals surface area contributed by atoms with Crippen molar-refractivity contribution in [2.24, 2.45) is 0 Å². The van der Waals surface area contributed by atoms with E-state index in [1.165, 1.54) is 17.0 Å². The van der Waals surface area contributed by atoms with Crippen molar-refractivity contribution in [3.63, 3.8) is 0 Å². The molecule has 0 aliphatic carbocycles. The second-order valence-corrected chi connectivity index (χ2v) is 6.26. The molecule has 1 aliphatic rings. The molecule has 140 valence electrons. The molecule has 1 amide bonds. The predicted octanol–water partition coefficient (Wildman–Crippen LogP) is 2.48. The summed E-state index contributed by atoms with van der Waals surface area (Å²) in [5, 5.41) is 14.3. The summed E-state index contributed by atoms with van der Waals surface area (Å²) in [7, 11) is 1.61. The van der Waals surface area contributed by atoms with Crippen molar-refractivity contribution in [2.45, 2.75) is 6.42 Å². The SMILES string of the molecule is COCCCN1C(=O)/C(=C\c2cccn2-c2cccc([N+](=O)[O-])c2)NC1=S. The number of methoxy groups -OCH3 is 1. The quantitative estimate of drug-likeness (QED) is 0.259. The highest BCUT2D eigenvalue weighted by Crippen LogP contribution is 2.21. The molecule has 1 aromatic heterocycles. The second-order valence-electron chi connectivity index (χ2n) is 5.87. The third kappa shape index (κ3) is 4.04. The van der Waals surface area contributed by atoms with Crippen LogP contribution in [0.15, 0.2) is 48.3 Å². The third-order valence-corrected chi connectivity index (χ3v) is 4.41. The van der Waals surface area contributed by atoms with Gasteiger partial charge in [0.1, 0.15) is 5.70 Å². The smallest absolute Gasteiger partial charge is 0.276 e. The minimum atomic E-state index is -0.441. The molecule has 1 aliphatic heterocycles. The van der Waals surface area contributed by atoms with Crippen molar-refractivity contribution in [3.05, 3.63) is 64.1 Å². The van der Waals surface area contributed by atoms with Gasteiger partial charge in [-0.1, -0.05) is 6.07 Å². The third-order valence-electron chi connectivity index (χ3n) is 4.08. The number of benzene rings is 1. The molecule has 27 heavy (non-hydrogen) atoms. The molecule has 2 aromatic rings. The van der Waals surface area contributed by atoms with Crippen LogP contribution in [0.2, 0.25) is 0 Å². The van der Waals surface area contributed by atoms with Crippen molar-refractivity contribution >= 4 is 35.0 Å². The van der Waals surface area contributed by atoms with Gasteiger partial charge in [0.25, 0.3) is 11.6 Å². The van der Waals surface area contributed by atoms with Crippen LogP contribution in [-0.2, 0) is 9.53 Å². The second kappa shape index (κ2) is 8.11. The van der Waals surface area contributed by atoms with Gasteiger partial charge < -0.3 is 14.6 Å². The van der Waals surface area contributed by atoms with E-state index in [1.54, 1.807) is 42.1 Å². The Labute approximate surface area is 161 Å². The van der Waals surface area contributed by atoms with E-state index < -0.39 is 4.92 Å². The lowest BCUT2D eigenvalue weighted by Crippen LogP contribution is -2.32. The average molecular weight is 386 g/mol. The number of nitro benzene ring substituents is 1. The van der Waals surface area contributed by atoms with Crippen molar-refractivity contribution < 1.29 is 14.5 Å². The first-order valence-corrected chi connectivity index (χ1v) is 8.68. The van der Waals surface area contributed by atoms with Crippen LogP contribution in [0, 0.1) is 10.1 Å². The summed E-state index contributed by atoms with van der Waals surface area (Å²) in [4.78, 5) is 24.7. The Morgan fingerprint density at radius 1 is 1.33 bits per heavy atom. The molecule has 8 nitrogen and oxygen atoms in total. The number of carbonyl (C=O) groups is 1. The largest absolute Gasteiger partial charge is 0.385 e. The van der Waals surface area contributed by atoms with E-state index in [1.807, 2.05) is 6.07 Å². The molecule has 1 N–H and O–H groups in total. The number of nitro groups is 1. The minimum absolute atomic E-state index is 0.000340. The van der Waals surface area contributed by atoms with E-state index in [-0.39, 0.29) is 11.6 Å². The molecule has 1 saturated heterocycles. The molecule has 0 spiro atoms. The number of aromatic nitrogens is 1. The van der Waals surface area contributed by atoms with Gasteiger partial charge in [0.2, 0.25) is 0 Å². The van der Waals surface area contributed by atoms with Gasteiger partial charge >= 0.3 is 0 Å². The fourth-order valence-electron chi connectivity index (χ4n) is 2.79. The fraction of sp³-hybridized carbons (Fsp3) is 0.222. The number of nitrogens with one attached hydrogen (secondary N) is 1. The van der Waals surface area contributed by atoms with Gasteiger partial charge in [-0.25, -0.2) is 0 Å². The first kappa shape index (κ1) is 18.7. The van der Waals surface area contributed by atoms with Gasteiger partial charge in [-0.3, -0.25) is 19.8 Å². The Morgan fingerprint density at radius 2 is 2.15 bits per heavy atom. The molecular weight excluding hydrogens is 368 g/mol. The number of non-ortho nitro benzene ring substituents is 1. The maximum Gasteiger partial charge on any atom is 0.276 e. The zero-order valence-corrected chi connectivity index (χ0v) is 15.4. The van der Waals surface area contributed by atoms with Crippen LogP contribution in [-0.4, -0.2) is 45.7 Å². The Bertz CT molecular complexity index is 922. The molecule has 0 atom stereocenters. The number of ether oxygens (including phenoxy) is 1. The van der Waals surface area contributed by atoms with Crippen molar-refractivity contribution in [1.29, 1.82) is 0 Å².